The Hall–Kier alpha value is -3.93. The van der Waals surface area contributed by atoms with Crippen LogP contribution in [0.5, 0.6) is 11.8 Å². The second kappa shape index (κ2) is 8.67. The van der Waals surface area contributed by atoms with Crippen LogP contribution < -0.4 is 9.47 Å². The maximum absolute atomic E-state index is 13.8. The molecule has 0 bridgehead atoms. The third-order valence-electron chi connectivity index (χ3n) is 5.88. The van der Waals surface area contributed by atoms with Gasteiger partial charge in [0.05, 0.1) is 25.5 Å². The van der Waals surface area contributed by atoms with Crippen molar-refractivity contribution in [1.82, 2.24) is 14.9 Å². The smallest absolute Gasteiger partial charge is 0.316 e. The van der Waals surface area contributed by atoms with Gasteiger partial charge in [-0.2, -0.15) is 9.97 Å². The molecule has 1 aliphatic heterocycles. The molecule has 0 N–H and O–H groups in total. The first kappa shape index (κ1) is 20.0. The van der Waals surface area contributed by atoms with Crippen LogP contribution in [0.3, 0.4) is 0 Å². The first-order valence-corrected chi connectivity index (χ1v) is 10.6. The Kier molecular flexibility index (Phi) is 5.42. The minimum atomic E-state index is -0.137. The number of benzene rings is 3. The minimum Gasteiger partial charge on any atom is -0.494 e. The highest BCUT2D eigenvalue weighted by Crippen LogP contribution is 2.28. The summed E-state index contributed by atoms with van der Waals surface area (Å²) in [6.45, 7) is 0.840. The maximum Gasteiger partial charge on any atom is 0.316 e. The predicted molar refractivity (Wildman–Crippen MR) is 122 cm³/mol. The quantitative estimate of drug-likeness (QED) is 0.477. The van der Waals surface area contributed by atoms with Gasteiger partial charge in [-0.05, 0) is 34.4 Å². The molecule has 0 radical (unpaired) electrons. The molecule has 1 amide bonds. The molecule has 4 aromatic rings. The van der Waals surface area contributed by atoms with Crippen molar-refractivity contribution in [1.29, 1.82) is 0 Å². The lowest BCUT2D eigenvalue weighted by molar-refractivity contribution is 0.0560. The highest BCUT2D eigenvalue weighted by Gasteiger charge is 2.31. The molecule has 6 heteroatoms. The van der Waals surface area contributed by atoms with Gasteiger partial charge in [0, 0.05) is 12.1 Å². The molecule has 2 heterocycles. The van der Waals surface area contributed by atoms with Crippen LogP contribution in [-0.4, -0.2) is 40.5 Å². The van der Waals surface area contributed by atoms with Crippen LogP contribution in [0.2, 0.25) is 0 Å². The molecule has 0 fully saturated rings. The third kappa shape index (κ3) is 3.87. The summed E-state index contributed by atoms with van der Waals surface area (Å²) in [4.78, 5) is 24.0. The zero-order valence-electron chi connectivity index (χ0n) is 17.8. The fourth-order valence-corrected chi connectivity index (χ4v) is 4.20. The fraction of sp³-hybridized carbons (Fsp3) is 0.192. The van der Waals surface area contributed by atoms with Crippen LogP contribution in [0.15, 0.2) is 79.1 Å². The van der Waals surface area contributed by atoms with E-state index in [1.54, 1.807) is 19.5 Å². The van der Waals surface area contributed by atoms with Crippen molar-refractivity contribution in [2.24, 2.45) is 0 Å². The van der Waals surface area contributed by atoms with E-state index < -0.39 is 0 Å². The van der Waals surface area contributed by atoms with Gasteiger partial charge in [-0.3, -0.25) is 4.79 Å². The van der Waals surface area contributed by atoms with Crippen molar-refractivity contribution in [2.45, 2.75) is 19.0 Å². The van der Waals surface area contributed by atoms with E-state index in [1.807, 2.05) is 59.5 Å². The van der Waals surface area contributed by atoms with E-state index in [9.17, 15) is 4.79 Å². The second-order valence-electron chi connectivity index (χ2n) is 7.80. The Bertz CT molecular complexity index is 1250. The summed E-state index contributed by atoms with van der Waals surface area (Å²) in [6.07, 6.45) is 3.85. The van der Waals surface area contributed by atoms with Crippen molar-refractivity contribution in [3.8, 4) is 11.8 Å². The summed E-state index contributed by atoms with van der Waals surface area (Å²) in [6, 6.07) is 22.2. The minimum absolute atomic E-state index is 0.000511. The van der Waals surface area contributed by atoms with Crippen LogP contribution in [0, 0.1) is 0 Å². The SMILES string of the molecule is COc1cnc(OC[C@@H]2Cc3ccccc3CN2C(=O)c2cccc3ccccc23)nc1. The lowest BCUT2D eigenvalue weighted by Crippen LogP contribution is -2.47. The maximum atomic E-state index is 13.8. The monoisotopic (exact) mass is 425 g/mol. The summed E-state index contributed by atoms with van der Waals surface area (Å²) >= 11 is 0. The van der Waals surface area contributed by atoms with E-state index in [0.717, 1.165) is 16.3 Å². The molecule has 0 unspecified atom stereocenters. The highest BCUT2D eigenvalue weighted by atomic mass is 16.5. The molecular weight excluding hydrogens is 402 g/mol. The Morgan fingerprint density at radius 1 is 0.969 bits per heavy atom. The van der Waals surface area contributed by atoms with Crippen molar-refractivity contribution >= 4 is 16.7 Å². The molecule has 0 saturated carbocycles. The Balaban J connectivity index is 1.45. The topological polar surface area (TPSA) is 64.6 Å². The van der Waals surface area contributed by atoms with Gasteiger partial charge >= 0.3 is 6.01 Å². The summed E-state index contributed by atoms with van der Waals surface area (Å²) in [5, 5.41) is 2.01. The molecular formula is C26H23N3O3. The first-order valence-electron chi connectivity index (χ1n) is 10.6. The van der Waals surface area contributed by atoms with Gasteiger partial charge in [0.25, 0.3) is 5.91 Å². The van der Waals surface area contributed by atoms with Gasteiger partial charge in [-0.1, -0.05) is 60.7 Å². The molecule has 3 aromatic carbocycles. The molecule has 1 atom stereocenters. The summed E-state index contributed by atoms with van der Waals surface area (Å²) in [5.41, 5.74) is 3.10. The van der Waals surface area contributed by atoms with Crippen LogP contribution in [0.4, 0.5) is 0 Å². The van der Waals surface area contributed by atoms with Crippen molar-refractivity contribution in [2.75, 3.05) is 13.7 Å². The van der Waals surface area contributed by atoms with E-state index in [-0.39, 0.29) is 18.0 Å². The van der Waals surface area contributed by atoms with Crippen molar-refractivity contribution in [3.63, 3.8) is 0 Å². The molecule has 0 saturated heterocycles. The summed E-state index contributed by atoms with van der Waals surface area (Å²) in [7, 11) is 1.56. The fourth-order valence-electron chi connectivity index (χ4n) is 4.20. The summed E-state index contributed by atoms with van der Waals surface area (Å²) < 4.78 is 11.0. The van der Waals surface area contributed by atoms with Crippen molar-refractivity contribution in [3.05, 3.63) is 95.8 Å². The number of amides is 1. The van der Waals surface area contributed by atoms with Gasteiger partial charge in [0.15, 0.2) is 5.75 Å². The number of carbonyl (C=O) groups is 1. The van der Waals surface area contributed by atoms with Crippen LogP contribution in [0.1, 0.15) is 21.5 Å². The molecule has 1 aromatic heterocycles. The number of fused-ring (bicyclic) bond motifs is 2. The van der Waals surface area contributed by atoms with Crippen LogP contribution in [-0.2, 0) is 13.0 Å². The highest BCUT2D eigenvalue weighted by molar-refractivity contribution is 6.07. The largest absolute Gasteiger partial charge is 0.494 e. The van der Waals surface area contributed by atoms with Gasteiger partial charge < -0.3 is 14.4 Å². The molecule has 6 nitrogen and oxygen atoms in total. The van der Waals surface area contributed by atoms with Crippen molar-refractivity contribution < 1.29 is 14.3 Å². The van der Waals surface area contributed by atoms with Crippen LogP contribution >= 0.6 is 0 Å². The van der Waals surface area contributed by atoms with E-state index in [4.69, 9.17) is 9.47 Å². The van der Waals surface area contributed by atoms with E-state index >= 15 is 0 Å². The average Bonchev–Trinajstić information content (AvgIpc) is 2.86. The standard InChI is InChI=1S/C26H23N3O3/c1-31-22-14-27-26(28-15-22)32-17-21-13-19-8-2-3-9-20(19)16-29(21)25(30)24-12-6-10-18-7-4-5-11-23(18)24/h2-12,14-15,21H,13,16-17H2,1H3/t21-/m0/s1. The predicted octanol–water partition coefficient (Wildman–Crippen LogP) is 4.28. The number of ether oxygens (including phenoxy) is 2. The number of rotatable bonds is 5. The molecule has 5 rings (SSSR count). The molecule has 1 aliphatic rings. The molecule has 0 aliphatic carbocycles. The third-order valence-corrected chi connectivity index (χ3v) is 5.88. The zero-order valence-corrected chi connectivity index (χ0v) is 17.8. The number of nitrogens with zero attached hydrogens (tertiary/aromatic N) is 3. The number of carbonyl (C=O) groups excluding carboxylic acids is 1. The van der Waals surface area contributed by atoms with Gasteiger partial charge in [0.2, 0.25) is 0 Å². The number of aromatic nitrogens is 2. The molecule has 0 spiro atoms. The van der Waals surface area contributed by atoms with Gasteiger partial charge in [-0.25, -0.2) is 0 Å². The normalized spacial score (nSPS) is 15.3. The lowest BCUT2D eigenvalue weighted by atomic mass is 9.93. The van der Waals surface area contributed by atoms with Gasteiger partial charge in [0.1, 0.15) is 6.61 Å². The van der Waals surface area contributed by atoms with Crippen LogP contribution in [0.25, 0.3) is 10.8 Å². The number of hydrogen-bond acceptors (Lipinski definition) is 5. The van der Waals surface area contributed by atoms with E-state index in [2.05, 4.69) is 22.1 Å². The Labute approximate surface area is 186 Å². The Morgan fingerprint density at radius 2 is 1.69 bits per heavy atom. The lowest BCUT2D eigenvalue weighted by Gasteiger charge is -2.37. The second-order valence-corrected chi connectivity index (χ2v) is 7.80. The first-order chi connectivity index (χ1) is 15.7. The Morgan fingerprint density at radius 3 is 2.50 bits per heavy atom. The van der Waals surface area contributed by atoms with E-state index in [0.29, 0.717) is 30.9 Å². The van der Waals surface area contributed by atoms with Gasteiger partial charge in [-0.15, -0.1) is 0 Å². The zero-order chi connectivity index (χ0) is 21.9. The molecule has 160 valence electrons. The number of hydrogen-bond donors (Lipinski definition) is 0. The molecule has 32 heavy (non-hydrogen) atoms. The van der Waals surface area contributed by atoms with E-state index in [1.165, 1.54) is 5.56 Å². The summed E-state index contributed by atoms with van der Waals surface area (Å²) in [5.74, 6) is 0.567. The average molecular weight is 425 g/mol. The number of methoxy groups -OCH3 is 1.